The highest BCUT2D eigenvalue weighted by Crippen LogP contribution is 2.21. The topological polar surface area (TPSA) is 71.2 Å². The van der Waals surface area contributed by atoms with Crippen LogP contribution in [0.5, 0.6) is 0 Å². The standard InChI is InChI=1S/C13H26N4O3S/c1-10-8-20-9-12(10)7-15(3)6-11(2)16(4)13(21-5)14-17(18)19/h10-12H,6-9H2,1-5H3. The number of hydrazone groups is 1. The molecular formula is C13H26N4O3S. The molecule has 7 nitrogen and oxygen atoms in total. The average Bonchev–Trinajstić information content (AvgIpc) is 2.80. The predicted molar refractivity (Wildman–Crippen MR) is 86.1 cm³/mol. The molecule has 3 unspecified atom stereocenters. The normalized spacial score (nSPS) is 24.4. The number of hydrogen-bond acceptors (Lipinski definition) is 5. The first kappa shape index (κ1) is 18.2. The Morgan fingerprint density at radius 3 is 2.67 bits per heavy atom. The summed E-state index contributed by atoms with van der Waals surface area (Å²) in [6.45, 7) is 7.76. The monoisotopic (exact) mass is 318 g/mol. The fourth-order valence-electron chi connectivity index (χ4n) is 2.50. The van der Waals surface area contributed by atoms with E-state index in [9.17, 15) is 10.1 Å². The summed E-state index contributed by atoms with van der Waals surface area (Å²) in [5.74, 6) is 1.17. The quantitative estimate of drug-likeness (QED) is 0.319. The van der Waals surface area contributed by atoms with Gasteiger partial charge in [-0.05, 0) is 32.1 Å². The first-order chi connectivity index (χ1) is 9.85. The van der Waals surface area contributed by atoms with Gasteiger partial charge in [-0.15, -0.1) is 0 Å². The summed E-state index contributed by atoms with van der Waals surface area (Å²) < 4.78 is 5.49. The first-order valence-corrected chi connectivity index (χ1v) is 8.33. The van der Waals surface area contributed by atoms with E-state index in [1.807, 2.05) is 11.9 Å². The van der Waals surface area contributed by atoms with Gasteiger partial charge in [0, 0.05) is 32.8 Å². The van der Waals surface area contributed by atoms with Crippen LogP contribution in [0.4, 0.5) is 0 Å². The first-order valence-electron chi connectivity index (χ1n) is 7.11. The van der Waals surface area contributed by atoms with Gasteiger partial charge in [0.2, 0.25) is 5.17 Å². The molecule has 0 aliphatic carbocycles. The Kier molecular flexibility index (Phi) is 7.41. The molecule has 1 saturated heterocycles. The number of nitro groups is 1. The molecular weight excluding hydrogens is 292 g/mol. The lowest BCUT2D eigenvalue weighted by Crippen LogP contribution is -2.43. The van der Waals surface area contributed by atoms with Crippen LogP contribution < -0.4 is 0 Å². The van der Waals surface area contributed by atoms with Crippen molar-refractivity contribution in [1.29, 1.82) is 0 Å². The fraction of sp³-hybridized carbons (Fsp3) is 0.923. The highest BCUT2D eigenvalue weighted by Gasteiger charge is 2.26. The fourth-order valence-corrected chi connectivity index (χ4v) is 3.12. The number of nitrogens with zero attached hydrogens (tertiary/aromatic N) is 4. The van der Waals surface area contributed by atoms with Crippen LogP contribution in [-0.4, -0.2) is 72.7 Å². The van der Waals surface area contributed by atoms with Crippen LogP contribution >= 0.6 is 11.8 Å². The third kappa shape index (κ3) is 5.80. The second-order valence-electron chi connectivity index (χ2n) is 5.78. The van der Waals surface area contributed by atoms with Crippen LogP contribution in [0.3, 0.4) is 0 Å². The summed E-state index contributed by atoms with van der Waals surface area (Å²) in [6.07, 6.45) is 1.80. The zero-order valence-electron chi connectivity index (χ0n) is 13.5. The predicted octanol–water partition coefficient (Wildman–Crippen LogP) is 1.43. The lowest BCUT2D eigenvalue weighted by atomic mass is 9.97. The van der Waals surface area contributed by atoms with E-state index in [0.717, 1.165) is 26.3 Å². The van der Waals surface area contributed by atoms with E-state index in [1.54, 1.807) is 6.26 Å². The lowest BCUT2D eigenvalue weighted by molar-refractivity contribution is -0.485. The van der Waals surface area contributed by atoms with Gasteiger partial charge in [0.25, 0.3) is 0 Å². The molecule has 1 fully saturated rings. The molecule has 1 heterocycles. The van der Waals surface area contributed by atoms with Crippen molar-refractivity contribution in [2.75, 3.05) is 46.7 Å². The minimum atomic E-state index is -0.643. The number of amidine groups is 1. The lowest BCUT2D eigenvalue weighted by Gasteiger charge is -2.30. The summed E-state index contributed by atoms with van der Waals surface area (Å²) in [4.78, 5) is 14.7. The van der Waals surface area contributed by atoms with Crippen LogP contribution in [0.1, 0.15) is 13.8 Å². The molecule has 0 aromatic rings. The van der Waals surface area contributed by atoms with E-state index in [2.05, 4.69) is 30.9 Å². The van der Waals surface area contributed by atoms with E-state index in [4.69, 9.17) is 4.74 Å². The third-order valence-corrected chi connectivity index (χ3v) is 4.69. The zero-order chi connectivity index (χ0) is 16.0. The molecule has 0 N–H and O–H groups in total. The van der Waals surface area contributed by atoms with Crippen LogP contribution in [0.2, 0.25) is 0 Å². The van der Waals surface area contributed by atoms with Crippen molar-refractivity contribution < 1.29 is 9.77 Å². The summed E-state index contributed by atoms with van der Waals surface area (Å²) in [6, 6.07) is 0.152. The number of rotatable bonds is 6. The molecule has 0 amide bonds. The van der Waals surface area contributed by atoms with E-state index in [-0.39, 0.29) is 6.04 Å². The van der Waals surface area contributed by atoms with Crippen LogP contribution in [0.25, 0.3) is 0 Å². The van der Waals surface area contributed by atoms with Crippen LogP contribution in [-0.2, 0) is 4.74 Å². The van der Waals surface area contributed by atoms with Crippen LogP contribution in [0, 0.1) is 22.0 Å². The molecule has 122 valence electrons. The SMILES string of the molecule is CSC(=N[N+](=O)[O-])N(C)C(C)CN(C)CC1COCC1C. The van der Waals surface area contributed by atoms with Gasteiger partial charge in [-0.3, -0.25) is 0 Å². The molecule has 0 bridgehead atoms. The van der Waals surface area contributed by atoms with Gasteiger partial charge in [0.1, 0.15) is 0 Å². The van der Waals surface area contributed by atoms with Crippen molar-refractivity contribution >= 4 is 16.9 Å². The van der Waals surface area contributed by atoms with Gasteiger partial charge < -0.3 is 14.5 Å². The average molecular weight is 318 g/mol. The largest absolute Gasteiger partial charge is 0.381 e. The Labute approximate surface area is 130 Å². The van der Waals surface area contributed by atoms with E-state index in [0.29, 0.717) is 17.0 Å². The van der Waals surface area contributed by atoms with Crippen molar-refractivity contribution in [3.8, 4) is 0 Å². The molecule has 0 saturated carbocycles. The second-order valence-corrected chi connectivity index (χ2v) is 6.55. The Morgan fingerprint density at radius 1 is 1.52 bits per heavy atom. The Bertz CT molecular complexity index is 380. The van der Waals surface area contributed by atoms with Crippen molar-refractivity contribution in [3.63, 3.8) is 0 Å². The molecule has 1 aliphatic heterocycles. The molecule has 0 radical (unpaired) electrons. The van der Waals surface area contributed by atoms with Gasteiger partial charge in [-0.1, -0.05) is 18.7 Å². The highest BCUT2D eigenvalue weighted by atomic mass is 32.2. The molecule has 1 rings (SSSR count). The summed E-state index contributed by atoms with van der Waals surface area (Å²) in [5.41, 5.74) is 0. The van der Waals surface area contributed by atoms with Crippen LogP contribution in [0.15, 0.2) is 5.10 Å². The van der Waals surface area contributed by atoms with Crippen molar-refractivity contribution in [2.24, 2.45) is 16.9 Å². The molecule has 1 aliphatic rings. The molecule has 21 heavy (non-hydrogen) atoms. The number of likely N-dealkylation sites (N-methyl/N-ethyl adjacent to an activating group) is 2. The summed E-state index contributed by atoms with van der Waals surface area (Å²) >= 11 is 1.29. The van der Waals surface area contributed by atoms with Gasteiger partial charge in [-0.2, -0.15) is 0 Å². The third-order valence-electron chi connectivity index (χ3n) is 3.95. The highest BCUT2D eigenvalue weighted by molar-refractivity contribution is 8.13. The number of thioether (sulfide) groups is 1. The van der Waals surface area contributed by atoms with Gasteiger partial charge in [-0.25, -0.2) is 10.1 Å². The van der Waals surface area contributed by atoms with E-state index < -0.39 is 5.03 Å². The van der Waals surface area contributed by atoms with E-state index in [1.165, 1.54) is 11.8 Å². The van der Waals surface area contributed by atoms with Gasteiger partial charge >= 0.3 is 0 Å². The van der Waals surface area contributed by atoms with Crippen molar-refractivity contribution in [1.82, 2.24) is 9.80 Å². The number of hydrogen-bond donors (Lipinski definition) is 0. The summed E-state index contributed by atoms with van der Waals surface area (Å²) in [7, 11) is 3.93. The minimum absolute atomic E-state index is 0.152. The zero-order valence-corrected chi connectivity index (χ0v) is 14.3. The van der Waals surface area contributed by atoms with E-state index >= 15 is 0 Å². The van der Waals surface area contributed by atoms with Gasteiger partial charge in [0.15, 0.2) is 5.03 Å². The maximum absolute atomic E-state index is 10.5. The molecule has 8 heteroatoms. The molecule has 0 aromatic carbocycles. The molecule has 0 aromatic heterocycles. The van der Waals surface area contributed by atoms with Crippen molar-refractivity contribution in [2.45, 2.75) is 19.9 Å². The second kappa shape index (κ2) is 8.55. The summed E-state index contributed by atoms with van der Waals surface area (Å²) in [5, 5.41) is 13.8. The Morgan fingerprint density at radius 2 is 2.19 bits per heavy atom. The maximum atomic E-state index is 10.5. The Balaban J connectivity index is 2.50. The maximum Gasteiger partial charge on any atom is 0.237 e. The number of ether oxygens (including phenoxy) is 1. The van der Waals surface area contributed by atoms with Gasteiger partial charge in [0.05, 0.1) is 11.7 Å². The Hall–Kier alpha value is -0.860. The molecule has 3 atom stereocenters. The van der Waals surface area contributed by atoms with Crippen molar-refractivity contribution in [3.05, 3.63) is 10.1 Å². The molecule has 0 spiro atoms. The minimum Gasteiger partial charge on any atom is -0.381 e. The smallest absolute Gasteiger partial charge is 0.237 e.